The van der Waals surface area contributed by atoms with Crippen molar-refractivity contribution in [3.63, 3.8) is 0 Å². The molecular formula is C35H49F2N9O5S. The predicted molar refractivity (Wildman–Crippen MR) is 195 cm³/mol. The van der Waals surface area contributed by atoms with Gasteiger partial charge in [0.1, 0.15) is 35.9 Å². The smallest absolute Gasteiger partial charge is 0.320 e. The number of rotatable bonds is 7. The number of ether oxygens (including phenoxy) is 2. The molecule has 0 spiro atoms. The van der Waals surface area contributed by atoms with Gasteiger partial charge in [0.2, 0.25) is 0 Å². The highest BCUT2D eigenvalue weighted by molar-refractivity contribution is 8.00. The second kappa shape index (κ2) is 16.5. The van der Waals surface area contributed by atoms with E-state index in [0.29, 0.717) is 59.6 Å². The molecule has 9 rings (SSSR count). The number of nitrogens with zero attached hydrogens (tertiary/aromatic N) is 6. The first kappa shape index (κ1) is 37.9. The Balaban J connectivity index is 0.000000538. The summed E-state index contributed by atoms with van der Waals surface area (Å²) in [6, 6.07) is 4.67. The fraction of sp³-hybridized carbons (Fsp3) is 0.629. The number of carbonyl (C=O) groups is 2. The highest BCUT2D eigenvalue weighted by atomic mass is 32.2. The van der Waals surface area contributed by atoms with Gasteiger partial charge >= 0.3 is 12.0 Å². The minimum atomic E-state index is -0.831. The Morgan fingerprint density at radius 1 is 1.10 bits per heavy atom. The Bertz CT molecular complexity index is 1710. The Labute approximate surface area is 306 Å². The number of halogens is 2. The number of nitrogens with one attached hydrogen (secondary N) is 2. The lowest BCUT2D eigenvalue weighted by atomic mass is 9.93. The van der Waals surface area contributed by atoms with Gasteiger partial charge in [-0.2, -0.15) is 15.0 Å². The van der Waals surface area contributed by atoms with Crippen molar-refractivity contribution in [2.45, 2.75) is 112 Å². The lowest BCUT2D eigenvalue weighted by Gasteiger charge is -2.35. The van der Waals surface area contributed by atoms with Crippen LogP contribution in [0.5, 0.6) is 17.8 Å². The molecule has 2 aromatic heterocycles. The summed E-state index contributed by atoms with van der Waals surface area (Å²) in [5, 5.41) is 13.7. The van der Waals surface area contributed by atoms with E-state index >= 15 is 0 Å². The van der Waals surface area contributed by atoms with Crippen LogP contribution in [0.2, 0.25) is 0 Å². The number of thioether (sulfide) groups is 1. The minimum absolute atomic E-state index is 0.188. The number of hydrogen-bond acceptors (Lipinski definition) is 13. The van der Waals surface area contributed by atoms with Crippen LogP contribution in [0.15, 0.2) is 17.0 Å². The molecule has 284 valence electrons. The zero-order valence-electron chi connectivity index (χ0n) is 29.9. The third kappa shape index (κ3) is 7.50. The van der Waals surface area contributed by atoms with E-state index in [9.17, 15) is 8.78 Å². The van der Waals surface area contributed by atoms with Gasteiger partial charge in [-0.25, -0.2) is 8.78 Å². The van der Waals surface area contributed by atoms with Gasteiger partial charge in [-0.15, -0.1) is 0 Å². The van der Waals surface area contributed by atoms with Gasteiger partial charge in [-0.1, -0.05) is 25.6 Å². The van der Waals surface area contributed by atoms with Crippen LogP contribution in [-0.2, 0) is 9.59 Å². The van der Waals surface area contributed by atoms with Crippen LogP contribution >= 0.6 is 11.8 Å². The molecule has 5 fully saturated rings. The summed E-state index contributed by atoms with van der Waals surface area (Å²) >= 11 is 1.23. The van der Waals surface area contributed by atoms with Crippen molar-refractivity contribution in [1.82, 2.24) is 29.7 Å². The number of fused-ring (bicyclic) bond motifs is 5. The SMILES string of the molecule is CC.CC=O.NC1Nc2c(Oc3nc4nc(OC[C@@]56CCCN5CC(F)C6)nc(N5CC6CCC(C5)N6)c4n3C3CCC3)ccc(F)c2S1.O=CO. The van der Waals surface area contributed by atoms with Crippen LogP contribution in [0.1, 0.15) is 78.2 Å². The number of piperazine rings is 1. The molecular weight excluding hydrogens is 697 g/mol. The number of anilines is 2. The molecule has 5 N–H and O–H groups in total. The van der Waals surface area contributed by atoms with E-state index in [1.54, 1.807) is 6.07 Å². The normalized spacial score (nSPS) is 27.1. The highest BCUT2D eigenvalue weighted by Crippen LogP contribution is 2.48. The summed E-state index contributed by atoms with van der Waals surface area (Å²) in [5.41, 5.74) is 7.20. The van der Waals surface area contributed by atoms with E-state index < -0.39 is 11.7 Å². The molecule has 5 atom stereocenters. The first-order valence-electron chi connectivity index (χ1n) is 18.3. The molecule has 52 heavy (non-hydrogen) atoms. The van der Waals surface area contributed by atoms with Crippen LogP contribution in [0.3, 0.4) is 0 Å². The predicted octanol–water partition coefficient (Wildman–Crippen LogP) is 5.07. The van der Waals surface area contributed by atoms with Crippen molar-refractivity contribution < 1.29 is 33.0 Å². The molecule has 1 saturated carbocycles. The van der Waals surface area contributed by atoms with E-state index in [0.717, 1.165) is 82.2 Å². The lowest BCUT2D eigenvalue weighted by Crippen LogP contribution is -2.51. The number of carbonyl (C=O) groups excluding carboxylic acids is 1. The molecule has 14 nitrogen and oxygen atoms in total. The number of hydrogen-bond donors (Lipinski definition) is 4. The maximum Gasteiger partial charge on any atom is 0.320 e. The Hall–Kier alpha value is -3.80. The van der Waals surface area contributed by atoms with E-state index in [4.69, 9.17) is 44.9 Å². The number of imidazole rings is 1. The van der Waals surface area contributed by atoms with E-state index in [1.807, 2.05) is 13.8 Å². The van der Waals surface area contributed by atoms with Crippen molar-refractivity contribution in [1.29, 1.82) is 0 Å². The van der Waals surface area contributed by atoms with Crippen LogP contribution in [0.25, 0.3) is 11.2 Å². The van der Waals surface area contributed by atoms with Gasteiger partial charge in [0, 0.05) is 44.2 Å². The van der Waals surface area contributed by atoms with Crippen LogP contribution in [0.4, 0.5) is 20.3 Å². The zero-order chi connectivity index (χ0) is 37.0. The Morgan fingerprint density at radius 3 is 2.48 bits per heavy atom. The molecule has 1 aliphatic carbocycles. The number of benzene rings is 1. The Morgan fingerprint density at radius 2 is 1.81 bits per heavy atom. The third-order valence-corrected chi connectivity index (χ3v) is 11.5. The van der Waals surface area contributed by atoms with Gasteiger partial charge in [-0.05, 0) is 70.5 Å². The van der Waals surface area contributed by atoms with Crippen molar-refractivity contribution in [3.8, 4) is 17.8 Å². The maximum absolute atomic E-state index is 14.6. The number of alkyl halides is 1. The minimum Gasteiger partial charge on any atom is -0.483 e. The summed E-state index contributed by atoms with van der Waals surface area (Å²) in [4.78, 5) is 37.0. The second-order valence-corrected chi connectivity index (χ2v) is 14.8. The first-order chi connectivity index (χ1) is 25.2. The molecule has 0 amide bonds. The molecule has 6 aliphatic rings. The van der Waals surface area contributed by atoms with E-state index in [-0.39, 0.29) is 29.9 Å². The Kier molecular flexibility index (Phi) is 12.0. The van der Waals surface area contributed by atoms with Gasteiger partial charge in [0.25, 0.3) is 6.47 Å². The van der Waals surface area contributed by atoms with Gasteiger partial charge in [0.05, 0.1) is 16.1 Å². The van der Waals surface area contributed by atoms with E-state index in [2.05, 4.69) is 25.0 Å². The van der Waals surface area contributed by atoms with E-state index in [1.165, 1.54) is 24.8 Å². The molecule has 3 aromatic rings. The molecule has 4 saturated heterocycles. The number of carboxylic acid groups (broad SMARTS) is 1. The maximum atomic E-state index is 14.6. The number of nitrogens with two attached hydrogens (primary N) is 1. The topological polar surface area (TPSA) is 173 Å². The summed E-state index contributed by atoms with van der Waals surface area (Å²) in [6.07, 6.45) is 7.74. The average Bonchev–Trinajstić information content (AvgIpc) is 3.91. The van der Waals surface area contributed by atoms with Crippen LogP contribution in [0, 0.1) is 5.82 Å². The number of aromatic nitrogens is 4. The van der Waals surface area contributed by atoms with Crippen molar-refractivity contribution in [2.24, 2.45) is 5.73 Å². The summed E-state index contributed by atoms with van der Waals surface area (Å²) in [7, 11) is 0. The molecule has 17 heteroatoms. The molecule has 2 bridgehead atoms. The van der Waals surface area contributed by atoms with Crippen molar-refractivity contribution >= 4 is 47.2 Å². The fourth-order valence-electron chi connectivity index (χ4n) is 8.18. The third-order valence-electron chi connectivity index (χ3n) is 10.5. The fourth-order valence-corrected chi connectivity index (χ4v) is 9.07. The monoisotopic (exact) mass is 745 g/mol. The number of aldehydes is 1. The molecule has 7 heterocycles. The van der Waals surface area contributed by atoms with Crippen LogP contribution in [-0.4, -0.2) is 104 Å². The zero-order valence-corrected chi connectivity index (χ0v) is 30.7. The molecule has 5 aliphatic heterocycles. The average molecular weight is 746 g/mol. The molecule has 4 unspecified atom stereocenters. The largest absolute Gasteiger partial charge is 0.483 e. The summed E-state index contributed by atoms with van der Waals surface area (Å²) < 4.78 is 44.1. The van der Waals surface area contributed by atoms with Gasteiger partial charge in [0.15, 0.2) is 17.2 Å². The summed E-state index contributed by atoms with van der Waals surface area (Å²) in [6.45, 7) is 8.58. The van der Waals surface area contributed by atoms with Gasteiger partial charge in [-0.3, -0.25) is 14.3 Å². The first-order valence-corrected chi connectivity index (χ1v) is 19.1. The van der Waals surface area contributed by atoms with Crippen molar-refractivity contribution in [3.05, 3.63) is 17.9 Å². The molecule has 1 aromatic carbocycles. The summed E-state index contributed by atoms with van der Waals surface area (Å²) in [5.74, 6) is 0.926. The quantitative estimate of drug-likeness (QED) is 0.236. The standard InChI is InChI=1S/C30H37F2N9O2S.C2H4O.C2H6.CH2O2/c31-16-11-30(9-2-10-40(30)12-16)15-42-28-36-25-23(26(38-28)39-13-17-5-6-18(14-39)34-17)41(19-3-1-4-19)29(37-25)43-21-8-7-20(32)24-22(21)35-27(33)44-24;1-2-3;1-2;2-1-3/h7-8,16-19,27,34-35H,1-6,9-15,33H2;2H,1H3;1-2H3;1H,(H,2,3)/t16?,17?,18?,27?,30-;;;/m0.../s1. The highest BCUT2D eigenvalue weighted by Gasteiger charge is 2.49. The van der Waals surface area contributed by atoms with Gasteiger partial charge < -0.3 is 40.6 Å². The molecule has 0 radical (unpaired) electrons. The second-order valence-electron chi connectivity index (χ2n) is 13.6. The van der Waals surface area contributed by atoms with Crippen molar-refractivity contribution in [2.75, 3.05) is 43.0 Å². The van der Waals surface area contributed by atoms with Crippen LogP contribution < -0.4 is 30.7 Å². The lowest BCUT2D eigenvalue weighted by molar-refractivity contribution is -0.122.